The highest BCUT2D eigenvalue weighted by molar-refractivity contribution is 9.13. The van der Waals surface area contributed by atoms with Crippen LogP contribution >= 0.6 is 31.9 Å². The molecule has 0 amide bonds. The van der Waals surface area contributed by atoms with Gasteiger partial charge in [0.1, 0.15) is 9.79 Å². The van der Waals surface area contributed by atoms with Crippen molar-refractivity contribution in [1.29, 1.82) is 0 Å². The summed E-state index contributed by atoms with van der Waals surface area (Å²) in [6, 6.07) is 2.68. The lowest BCUT2D eigenvalue weighted by Crippen LogP contribution is -2.35. The predicted octanol–water partition coefficient (Wildman–Crippen LogP) is 3.27. The minimum atomic E-state index is -3.93. The SMILES string of the molecule is CCN(CC)S(=O)(=O)c1cc(Br)c(Br)cc1S(=O)(=O)N(CC)CC. The normalized spacial score (nSPS) is 13.0. The fourth-order valence-corrected chi connectivity index (χ4v) is 7.02. The van der Waals surface area contributed by atoms with Crippen molar-refractivity contribution in [1.82, 2.24) is 8.61 Å². The largest absolute Gasteiger partial charge is 0.244 e. The van der Waals surface area contributed by atoms with E-state index in [9.17, 15) is 16.8 Å². The first kappa shape index (κ1) is 22.0. The summed E-state index contributed by atoms with van der Waals surface area (Å²) in [6.07, 6.45) is 0. The number of hydrogen-bond donors (Lipinski definition) is 0. The maximum Gasteiger partial charge on any atom is 0.244 e. The van der Waals surface area contributed by atoms with Crippen LogP contribution in [0.3, 0.4) is 0 Å². The van der Waals surface area contributed by atoms with Gasteiger partial charge in [-0.05, 0) is 44.0 Å². The third kappa shape index (κ3) is 4.21. The zero-order valence-electron chi connectivity index (χ0n) is 14.1. The lowest BCUT2D eigenvalue weighted by molar-refractivity contribution is 0.434. The quantitative estimate of drug-likeness (QED) is 0.543. The van der Waals surface area contributed by atoms with Crippen molar-refractivity contribution in [3.05, 3.63) is 21.1 Å². The highest BCUT2D eigenvalue weighted by Gasteiger charge is 2.33. The van der Waals surface area contributed by atoms with Crippen molar-refractivity contribution in [2.45, 2.75) is 37.5 Å². The average molecular weight is 506 g/mol. The highest BCUT2D eigenvalue weighted by Crippen LogP contribution is 2.34. The number of halogens is 2. The molecule has 0 saturated heterocycles. The van der Waals surface area contributed by atoms with Crippen LogP contribution in [0.15, 0.2) is 30.9 Å². The second kappa shape index (κ2) is 8.59. The van der Waals surface area contributed by atoms with Crippen LogP contribution in [0.5, 0.6) is 0 Å². The summed E-state index contributed by atoms with van der Waals surface area (Å²) < 4.78 is 55.2. The van der Waals surface area contributed by atoms with Crippen molar-refractivity contribution in [2.75, 3.05) is 26.2 Å². The van der Waals surface area contributed by atoms with Gasteiger partial charge in [-0.1, -0.05) is 27.7 Å². The van der Waals surface area contributed by atoms with E-state index in [0.29, 0.717) is 8.95 Å². The Morgan fingerprint density at radius 2 is 0.958 bits per heavy atom. The molecule has 24 heavy (non-hydrogen) atoms. The summed E-state index contributed by atoms with van der Waals surface area (Å²) in [5.41, 5.74) is 0. The number of sulfonamides is 2. The Kier molecular flexibility index (Phi) is 7.89. The van der Waals surface area contributed by atoms with Gasteiger partial charge in [-0.15, -0.1) is 0 Å². The summed E-state index contributed by atoms with van der Waals surface area (Å²) >= 11 is 6.53. The third-order valence-corrected chi connectivity index (χ3v) is 9.79. The first-order valence-electron chi connectivity index (χ1n) is 7.57. The lowest BCUT2D eigenvalue weighted by atomic mass is 10.4. The molecule has 0 aliphatic rings. The fourth-order valence-electron chi connectivity index (χ4n) is 2.32. The van der Waals surface area contributed by atoms with Crippen molar-refractivity contribution in [2.24, 2.45) is 0 Å². The molecule has 0 fully saturated rings. The minimum Gasteiger partial charge on any atom is -0.207 e. The van der Waals surface area contributed by atoms with Gasteiger partial charge >= 0.3 is 0 Å². The zero-order chi connectivity index (χ0) is 18.7. The second-order valence-electron chi connectivity index (χ2n) is 4.89. The highest BCUT2D eigenvalue weighted by atomic mass is 79.9. The van der Waals surface area contributed by atoms with Crippen LogP contribution in [-0.2, 0) is 20.0 Å². The molecular weight excluding hydrogens is 484 g/mol. The van der Waals surface area contributed by atoms with Crippen LogP contribution in [0.2, 0.25) is 0 Å². The summed E-state index contributed by atoms with van der Waals surface area (Å²) in [4.78, 5) is -0.429. The Hall–Kier alpha value is -0.000000000000000132. The van der Waals surface area contributed by atoms with Gasteiger partial charge in [0.05, 0.1) is 0 Å². The number of rotatable bonds is 8. The Morgan fingerprint density at radius 3 is 1.17 bits per heavy atom. The van der Waals surface area contributed by atoms with Crippen LogP contribution in [0.25, 0.3) is 0 Å². The summed E-state index contributed by atoms with van der Waals surface area (Å²) in [5.74, 6) is 0. The maximum atomic E-state index is 12.9. The second-order valence-corrected chi connectivity index (χ2v) is 10.4. The number of hydrogen-bond acceptors (Lipinski definition) is 4. The monoisotopic (exact) mass is 504 g/mol. The van der Waals surface area contributed by atoms with Crippen molar-refractivity contribution < 1.29 is 16.8 Å². The van der Waals surface area contributed by atoms with Gasteiger partial charge in [0.25, 0.3) is 0 Å². The van der Waals surface area contributed by atoms with Crippen molar-refractivity contribution >= 4 is 51.9 Å². The molecule has 0 atom stereocenters. The molecule has 0 N–H and O–H groups in total. The Bertz CT molecular complexity index is 720. The average Bonchev–Trinajstić information content (AvgIpc) is 2.51. The van der Waals surface area contributed by atoms with E-state index in [1.165, 1.54) is 20.7 Å². The summed E-state index contributed by atoms with van der Waals surface area (Å²) in [7, 11) is -7.86. The standard InChI is InChI=1S/C14H22Br2N2O4S2/c1-5-17(6-2)23(19,20)13-9-11(15)12(16)10-14(13)24(21,22)18(7-3)8-4/h9-10H,5-8H2,1-4H3. The van der Waals surface area contributed by atoms with Gasteiger partial charge in [-0.25, -0.2) is 16.8 Å². The minimum absolute atomic E-state index is 0.215. The summed E-state index contributed by atoms with van der Waals surface area (Å²) in [6.45, 7) is 7.91. The number of nitrogens with zero attached hydrogens (tertiary/aromatic N) is 2. The molecule has 0 radical (unpaired) electrons. The van der Waals surface area contributed by atoms with Gasteiger partial charge in [0, 0.05) is 35.1 Å². The molecule has 0 aliphatic carbocycles. The molecule has 138 valence electrons. The van der Waals surface area contributed by atoms with Crippen molar-refractivity contribution in [3.8, 4) is 0 Å². The molecule has 0 saturated carbocycles. The van der Waals surface area contributed by atoms with Gasteiger partial charge < -0.3 is 0 Å². The smallest absolute Gasteiger partial charge is 0.207 e. The topological polar surface area (TPSA) is 74.8 Å². The Balaban J connectivity index is 3.79. The van der Waals surface area contributed by atoms with Crippen LogP contribution in [-0.4, -0.2) is 51.6 Å². The maximum absolute atomic E-state index is 12.9. The molecular formula is C14H22Br2N2O4S2. The predicted molar refractivity (Wildman–Crippen MR) is 102 cm³/mol. The lowest BCUT2D eigenvalue weighted by Gasteiger charge is -2.24. The number of benzene rings is 1. The first-order valence-corrected chi connectivity index (χ1v) is 12.0. The molecule has 1 rings (SSSR count). The van der Waals surface area contributed by atoms with E-state index in [-0.39, 0.29) is 36.0 Å². The Labute approximate surface area is 161 Å². The fraction of sp³-hybridized carbons (Fsp3) is 0.571. The molecule has 1 aromatic carbocycles. The van der Waals surface area contributed by atoms with Crippen LogP contribution in [0.4, 0.5) is 0 Å². The molecule has 0 aromatic heterocycles. The van der Waals surface area contributed by atoms with E-state index in [0.717, 1.165) is 0 Å². The van der Waals surface area contributed by atoms with E-state index in [1.807, 2.05) is 0 Å². The van der Waals surface area contributed by atoms with Crippen LogP contribution in [0.1, 0.15) is 27.7 Å². The molecule has 0 unspecified atom stereocenters. The Morgan fingerprint density at radius 1 is 0.708 bits per heavy atom. The summed E-state index contributed by atoms with van der Waals surface area (Å²) in [5, 5.41) is 0. The first-order chi connectivity index (χ1) is 11.1. The molecule has 0 spiro atoms. The molecule has 6 nitrogen and oxygen atoms in total. The van der Waals surface area contributed by atoms with Gasteiger partial charge in [0.2, 0.25) is 20.0 Å². The van der Waals surface area contributed by atoms with E-state index in [1.54, 1.807) is 27.7 Å². The van der Waals surface area contributed by atoms with Crippen molar-refractivity contribution in [3.63, 3.8) is 0 Å². The zero-order valence-corrected chi connectivity index (χ0v) is 18.9. The molecule has 10 heteroatoms. The van der Waals surface area contributed by atoms with Gasteiger partial charge in [-0.2, -0.15) is 8.61 Å². The van der Waals surface area contributed by atoms with Crippen LogP contribution < -0.4 is 0 Å². The van der Waals surface area contributed by atoms with Crippen LogP contribution in [0, 0.1) is 0 Å². The third-order valence-electron chi connectivity index (χ3n) is 3.63. The molecule has 1 aromatic rings. The van der Waals surface area contributed by atoms with E-state index in [2.05, 4.69) is 31.9 Å². The molecule has 0 heterocycles. The van der Waals surface area contributed by atoms with Gasteiger partial charge in [-0.3, -0.25) is 0 Å². The molecule has 0 bridgehead atoms. The van der Waals surface area contributed by atoms with Gasteiger partial charge in [0.15, 0.2) is 0 Å². The molecule has 0 aliphatic heterocycles. The van der Waals surface area contributed by atoms with E-state index >= 15 is 0 Å². The van der Waals surface area contributed by atoms with E-state index < -0.39 is 20.0 Å². The van der Waals surface area contributed by atoms with E-state index in [4.69, 9.17) is 0 Å².